The number of nitrogens with zero attached hydrogens (tertiary/aromatic N) is 2. The number of halogens is 3. The summed E-state index contributed by atoms with van der Waals surface area (Å²) in [6.45, 7) is -0.655. The first-order chi connectivity index (χ1) is 9.43. The van der Waals surface area contributed by atoms with Crippen molar-refractivity contribution >= 4 is 5.91 Å². The molecule has 1 aromatic carbocycles. The van der Waals surface area contributed by atoms with Gasteiger partial charge in [-0.25, -0.2) is 0 Å². The van der Waals surface area contributed by atoms with Crippen LogP contribution in [0.25, 0.3) is 0 Å². The summed E-state index contributed by atoms with van der Waals surface area (Å²) in [7, 11) is 0. The SMILES string of the molecule is N#Cc1ccccc1C(=O)N1CCO[C@H](C(F)(F)F)C1. The number of carbonyl (C=O) groups is 1. The van der Waals surface area contributed by atoms with Crippen LogP contribution < -0.4 is 0 Å². The van der Waals surface area contributed by atoms with Gasteiger partial charge in [0.15, 0.2) is 6.10 Å². The van der Waals surface area contributed by atoms with E-state index in [1.807, 2.05) is 6.07 Å². The van der Waals surface area contributed by atoms with Crippen LogP contribution in [-0.4, -0.2) is 42.8 Å². The molecule has 0 aliphatic carbocycles. The lowest BCUT2D eigenvalue weighted by atomic mass is 10.1. The summed E-state index contributed by atoms with van der Waals surface area (Å²) in [6.07, 6.45) is -6.48. The molecule has 0 aromatic heterocycles. The molecule has 0 radical (unpaired) electrons. The number of hydrogen-bond acceptors (Lipinski definition) is 3. The van der Waals surface area contributed by atoms with E-state index in [2.05, 4.69) is 4.74 Å². The second-order valence-corrected chi connectivity index (χ2v) is 4.31. The molecule has 1 amide bonds. The van der Waals surface area contributed by atoms with Crippen molar-refractivity contribution in [1.29, 1.82) is 5.26 Å². The maximum absolute atomic E-state index is 12.6. The van der Waals surface area contributed by atoms with Gasteiger partial charge in [-0.3, -0.25) is 4.79 Å². The zero-order valence-electron chi connectivity index (χ0n) is 10.4. The number of nitriles is 1. The van der Waals surface area contributed by atoms with Crippen LogP contribution in [0.4, 0.5) is 13.2 Å². The predicted octanol–water partition coefficient (Wildman–Crippen LogP) is 1.96. The summed E-state index contributed by atoms with van der Waals surface area (Å²) < 4.78 is 42.5. The van der Waals surface area contributed by atoms with Crippen LogP contribution in [0.1, 0.15) is 15.9 Å². The van der Waals surface area contributed by atoms with Crippen molar-refractivity contribution in [2.45, 2.75) is 12.3 Å². The Morgan fingerprint density at radius 2 is 2.10 bits per heavy atom. The van der Waals surface area contributed by atoms with E-state index < -0.39 is 24.7 Å². The molecule has 0 bridgehead atoms. The van der Waals surface area contributed by atoms with Gasteiger partial charge in [0.05, 0.1) is 30.3 Å². The fraction of sp³-hybridized carbons (Fsp3) is 0.385. The second kappa shape index (κ2) is 5.51. The molecule has 1 aliphatic heterocycles. The molecule has 0 N–H and O–H groups in total. The number of amides is 1. The van der Waals surface area contributed by atoms with Gasteiger partial charge in [0.2, 0.25) is 0 Å². The van der Waals surface area contributed by atoms with Crippen molar-refractivity contribution in [1.82, 2.24) is 4.90 Å². The van der Waals surface area contributed by atoms with Crippen LogP contribution in [-0.2, 0) is 4.74 Å². The number of alkyl halides is 3. The van der Waals surface area contributed by atoms with Gasteiger partial charge in [-0.05, 0) is 12.1 Å². The Labute approximate surface area is 113 Å². The van der Waals surface area contributed by atoms with Crippen molar-refractivity contribution in [3.63, 3.8) is 0 Å². The van der Waals surface area contributed by atoms with Gasteiger partial charge >= 0.3 is 6.18 Å². The van der Waals surface area contributed by atoms with Crippen LogP contribution in [0.15, 0.2) is 24.3 Å². The van der Waals surface area contributed by atoms with Gasteiger partial charge in [-0.2, -0.15) is 18.4 Å². The molecule has 7 heteroatoms. The van der Waals surface area contributed by atoms with E-state index in [1.54, 1.807) is 12.1 Å². The minimum Gasteiger partial charge on any atom is -0.365 e. The minimum atomic E-state index is -4.51. The zero-order valence-corrected chi connectivity index (χ0v) is 10.4. The van der Waals surface area contributed by atoms with E-state index in [0.717, 1.165) is 4.90 Å². The molecule has 1 fully saturated rings. The van der Waals surface area contributed by atoms with Gasteiger partial charge in [0, 0.05) is 6.54 Å². The quantitative estimate of drug-likeness (QED) is 0.792. The lowest BCUT2D eigenvalue weighted by Gasteiger charge is -2.34. The fourth-order valence-electron chi connectivity index (χ4n) is 1.97. The number of benzene rings is 1. The van der Waals surface area contributed by atoms with Crippen LogP contribution >= 0.6 is 0 Å². The fourth-order valence-corrected chi connectivity index (χ4v) is 1.97. The first-order valence-corrected chi connectivity index (χ1v) is 5.90. The molecule has 2 rings (SSSR count). The van der Waals surface area contributed by atoms with Crippen LogP contribution in [0, 0.1) is 11.3 Å². The second-order valence-electron chi connectivity index (χ2n) is 4.31. The molecule has 20 heavy (non-hydrogen) atoms. The number of morpholine rings is 1. The molecular weight excluding hydrogens is 273 g/mol. The highest BCUT2D eigenvalue weighted by atomic mass is 19.4. The Bertz CT molecular complexity index is 551. The minimum absolute atomic E-state index is 0.0746. The van der Waals surface area contributed by atoms with Crippen LogP contribution in [0.5, 0.6) is 0 Å². The van der Waals surface area contributed by atoms with Crippen molar-refractivity contribution in [3.8, 4) is 6.07 Å². The third kappa shape index (κ3) is 2.91. The molecule has 1 heterocycles. The van der Waals surface area contributed by atoms with Crippen molar-refractivity contribution < 1.29 is 22.7 Å². The molecule has 106 valence electrons. The molecule has 4 nitrogen and oxygen atoms in total. The predicted molar refractivity (Wildman–Crippen MR) is 62.9 cm³/mol. The molecule has 0 saturated carbocycles. The summed E-state index contributed by atoms with van der Waals surface area (Å²) in [4.78, 5) is 13.3. The highest BCUT2D eigenvalue weighted by Crippen LogP contribution is 2.26. The largest absolute Gasteiger partial charge is 0.416 e. The molecule has 1 aromatic rings. The summed E-state index contributed by atoms with van der Waals surface area (Å²) in [5, 5.41) is 8.92. The summed E-state index contributed by atoms with van der Waals surface area (Å²) >= 11 is 0. The maximum atomic E-state index is 12.6. The summed E-state index contributed by atoms with van der Waals surface area (Å²) in [5.41, 5.74) is 0.255. The maximum Gasteiger partial charge on any atom is 0.416 e. The van der Waals surface area contributed by atoms with Gasteiger partial charge in [-0.1, -0.05) is 12.1 Å². The molecular formula is C13H11F3N2O2. The summed E-state index contributed by atoms with van der Waals surface area (Å²) in [6, 6.07) is 7.89. The van der Waals surface area contributed by atoms with Gasteiger partial charge in [-0.15, -0.1) is 0 Å². The average Bonchev–Trinajstić information content (AvgIpc) is 2.45. The third-order valence-electron chi connectivity index (χ3n) is 3.00. The Hall–Kier alpha value is -2.07. The Kier molecular flexibility index (Phi) is 3.95. The van der Waals surface area contributed by atoms with E-state index in [4.69, 9.17) is 5.26 Å². The normalized spacial score (nSPS) is 19.5. The zero-order chi connectivity index (χ0) is 14.8. The van der Waals surface area contributed by atoms with E-state index in [0.29, 0.717) is 0 Å². The van der Waals surface area contributed by atoms with Gasteiger partial charge in [0.1, 0.15) is 0 Å². The first kappa shape index (κ1) is 14.3. The Morgan fingerprint density at radius 3 is 2.75 bits per heavy atom. The molecule has 1 atom stereocenters. The lowest BCUT2D eigenvalue weighted by molar-refractivity contribution is -0.233. The Morgan fingerprint density at radius 1 is 1.40 bits per heavy atom. The third-order valence-corrected chi connectivity index (χ3v) is 3.00. The van der Waals surface area contributed by atoms with E-state index in [1.165, 1.54) is 12.1 Å². The number of ether oxygens (including phenoxy) is 1. The monoisotopic (exact) mass is 284 g/mol. The lowest BCUT2D eigenvalue weighted by Crippen LogP contribution is -2.51. The Balaban J connectivity index is 2.19. The molecule has 0 unspecified atom stereocenters. The molecule has 1 aliphatic rings. The van der Waals surface area contributed by atoms with E-state index in [9.17, 15) is 18.0 Å². The smallest absolute Gasteiger partial charge is 0.365 e. The number of hydrogen-bond donors (Lipinski definition) is 0. The van der Waals surface area contributed by atoms with Gasteiger partial charge < -0.3 is 9.64 Å². The van der Waals surface area contributed by atoms with Crippen molar-refractivity contribution in [3.05, 3.63) is 35.4 Å². The average molecular weight is 284 g/mol. The number of rotatable bonds is 1. The highest BCUT2D eigenvalue weighted by molar-refractivity contribution is 5.96. The van der Waals surface area contributed by atoms with Crippen LogP contribution in [0.3, 0.4) is 0 Å². The molecule has 1 saturated heterocycles. The number of carbonyl (C=O) groups excluding carboxylic acids is 1. The summed E-state index contributed by atoms with van der Waals surface area (Å²) in [5.74, 6) is -0.584. The standard InChI is InChI=1S/C13H11F3N2O2/c14-13(15,16)11-8-18(5-6-20-11)12(19)10-4-2-1-3-9(10)7-17/h1-4,11H,5-6,8H2/t11-/m0/s1. The first-order valence-electron chi connectivity index (χ1n) is 5.90. The molecule has 0 spiro atoms. The van der Waals surface area contributed by atoms with Gasteiger partial charge in [0.25, 0.3) is 5.91 Å². The van der Waals surface area contributed by atoms with Crippen molar-refractivity contribution in [2.24, 2.45) is 0 Å². The highest BCUT2D eigenvalue weighted by Gasteiger charge is 2.44. The van der Waals surface area contributed by atoms with E-state index in [-0.39, 0.29) is 24.3 Å². The van der Waals surface area contributed by atoms with Crippen molar-refractivity contribution in [2.75, 3.05) is 19.7 Å². The topological polar surface area (TPSA) is 53.3 Å². The van der Waals surface area contributed by atoms with E-state index >= 15 is 0 Å². The van der Waals surface area contributed by atoms with Crippen LogP contribution in [0.2, 0.25) is 0 Å².